The summed E-state index contributed by atoms with van der Waals surface area (Å²) in [7, 11) is 0. The van der Waals surface area contributed by atoms with Crippen LogP contribution in [0.4, 0.5) is 0 Å². The number of fused-ring (bicyclic) bond motifs is 2. The molecule has 3 aromatic heterocycles. The molecule has 142 valence electrons. The molecule has 0 saturated carbocycles. The zero-order chi connectivity index (χ0) is 19.5. The number of H-pyrrole nitrogens is 1. The average Bonchev–Trinajstić information content (AvgIpc) is 3.15. The van der Waals surface area contributed by atoms with Gasteiger partial charge in [0.25, 0.3) is 5.91 Å². The van der Waals surface area contributed by atoms with Crippen molar-refractivity contribution in [2.75, 3.05) is 12.0 Å². The molecule has 0 saturated heterocycles. The normalized spacial score (nSPS) is 12.3. The average molecular weight is 393 g/mol. The van der Waals surface area contributed by atoms with E-state index in [-0.39, 0.29) is 17.0 Å². The second kappa shape index (κ2) is 7.85. The van der Waals surface area contributed by atoms with Crippen molar-refractivity contribution in [3.8, 4) is 0 Å². The zero-order valence-electron chi connectivity index (χ0n) is 15.3. The Hall–Kier alpha value is -3.13. The summed E-state index contributed by atoms with van der Waals surface area (Å²) in [6, 6.07) is 12.4. The number of carbonyl (C=O) groups excluding carboxylic acids is 1. The van der Waals surface area contributed by atoms with Gasteiger partial charge < -0.3 is 10.3 Å². The van der Waals surface area contributed by atoms with Gasteiger partial charge in [-0.1, -0.05) is 18.2 Å². The van der Waals surface area contributed by atoms with Crippen LogP contribution in [0.5, 0.6) is 0 Å². The fourth-order valence-electron chi connectivity index (χ4n) is 3.17. The first-order valence-electron chi connectivity index (χ1n) is 8.89. The van der Waals surface area contributed by atoms with E-state index < -0.39 is 5.91 Å². The Morgan fingerprint density at radius 1 is 1.21 bits per heavy atom. The molecule has 4 rings (SSSR count). The number of nitrogens with one attached hydrogen (secondary N) is 2. The molecule has 1 amide bonds. The fourth-order valence-corrected chi connectivity index (χ4v) is 3.64. The summed E-state index contributed by atoms with van der Waals surface area (Å²) in [5.41, 5.74) is 1.21. The first-order chi connectivity index (χ1) is 13.7. The second-order valence-corrected chi connectivity index (χ2v) is 7.36. The monoisotopic (exact) mass is 393 g/mol. The molecule has 0 fully saturated rings. The van der Waals surface area contributed by atoms with Gasteiger partial charge in [-0.3, -0.25) is 14.0 Å². The Morgan fingerprint density at radius 3 is 2.89 bits per heavy atom. The van der Waals surface area contributed by atoms with Crippen LogP contribution in [0.25, 0.3) is 16.6 Å². The van der Waals surface area contributed by atoms with Crippen molar-refractivity contribution in [1.82, 2.24) is 24.9 Å². The molecule has 0 aliphatic heterocycles. The summed E-state index contributed by atoms with van der Waals surface area (Å²) >= 11 is 1.68. The molecule has 4 aromatic rings. The van der Waals surface area contributed by atoms with Gasteiger partial charge in [-0.15, -0.1) is 10.2 Å². The quantitative estimate of drug-likeness (QED) is 0.526. The molecule has 0 radical (unpaired) electrons. The Kier molecular flexibility index (Phi) is 5.12. The Balaban J connectivity index is 1.68. The zero-order valence-corrected chi connectivity index (χ0v) is 16.1. The van der Waals surface area contributed by atoms with E-state index in [0.717, 1.165) is 5.75 Å². The number of aromatic nitrogens is 4. The third kappa shape index (κ3) is 3.38. The van der Waals surface area contributed by atoms with Gasteiger partial charge in [-0.05, 0) is 42.7 Å². The van der Waals surface area contributed by atoms with E-state index in [4.69, 9.17) is 0 Å². The maximum Gasteiger partial charge on any atom is 0.257 e. The second-order valence-electron chi connectivity index (χ2n) is 6.37. The first kappa shape index (κ1) is 18.2. The lowest BCUT2D eigenvalue weighted by Gasteiger charge is -2.17. The van der Waals surface area contributed by atoms with E-state index in [1.54, 1.807) is 23.9 Å². The molecule has 8 heteroatoms. The molecule has 0 spiro atoms. The van der Waals surface area contributed by atoms with Gasteiger partial charge in [0, 0.05) is 23.3 Å². The van der Waals surface area contributed by atoms with Crippen LogP contribution < -0.4 is 10.7 Å². The molecule has 28 heavy (non-hydrogen) atoms. The molecule has 0 bridgehead atoms. The fraction of sp³-hybridized carbons (Fsp3) is 0.200. The molecule has 1 aromatic carbocycles. The van der Waals surface area contributed by atoms with Crippen molar-refractivity contribution in [3.63, 3.8) is 0 Å². The SMILES string of the molecule is CSCC[C@@H](NC(=O)c1c[nH]c2ccccc2c1=O)c1nnc2ccccn12. The van der Waals surface area contributed by atoms with Gasteiger partial charge in [0.1, 0.15) is 5.56 Å². The van der Waals surface area contributed by atoms with Gasteiger partial charge in [0.2, 0.25) is 5.43 Å². The number of hydrogen-bond acceptors (Lipinski definition) is 5. The number of amides is 1. The highest BCUT2D eigenvalue weighted by Gasteiger charge is 2.22. The molecule has 7 nitrogen and oxygen atoms in total. The van der Waals surface area contributed by atoms with Crippen LogP contribution in [-0.4, -0.2) is 37.5 Å². The van der Waals surface area contributed by atoms with Crippen molar-refractivity contribution >= 4 is 34.2 Å². The predicted molar refractivity (Wildman–Crippen MR) is 111 cm³/mol. The van der Waals surface area contributed by atoms with E-state index in [9.17, 15) is 9.59 Å². The van der Waals surface area contributed by atoms with E-state index in [2.05, 4.69) is 20.5 Å². The van der Waals surface area contributed by atoms with Crippen LogP contribution in [-0.2, 0) is 0 Å². The van der Waals surface area contributed by atoms with Crippen LogP contribution in [0, 0.1) is 0 Å². The number of benzene rings is 1. The van der Waals surface area contributed by atoms with Crippen molar-refractivity contribution in [2.24, 2.45) is 0 Å². The molecule has 3 heterocycles. The highest BCUT2D eigenvalue weighted by Crippen LogP contribution is 2.19. The molecule has 0 aliphatic carbocycles. The highest BCUT2D eigenvalue weighted by atomic mass is 32.2. The third-order valence-corrected chi connectivity index (χ3v) is 5.24. The van der Waals surface area contributed by atoms with Crippen molar-refractivity contribution in [2.45, 2.75) is 12.5 Å². The largest absolute Gasteiger partial charge is 0.360 e. The van der Waals surface area contributed by atoms with E-state index >= 15 is 0 Å². The Labute approximate surface area is 165 Å². The summed E-state index contributed by atoms with van der Waals surface area (Å²) in [6.45, 7) is 0. The molecular weight excluding hydrogens is 374 g/mol. The van der Waals surface area contributed by atoms with Gasteiger partial charge in [0.15, 0.2) is 11.5 Å². The van der Waals surface area contributed by atoms with Crippen LogP contribution in [0.2, 0.25) is 0 Å². The molecule has 0 aliphatic rings. The summed E-state index contributed by atoms with van der Waals surface area (Å²) in [6.07, 6.45) is 6.02. The first-order valence-corrected chi connectivity index (χ1v) is 10.3. The lowest BCUT2D eigenvalue weighted by Crippen LogP contribution is -2.33. The summed E-state index contributed by atoms with van der Waals surface area (Å²) in [4.78, 5) is 28.7. The summed E-state index contributed by atoms with van der Waals surface area (Å²) < 4.78 is 1.86. The third-order valence-electron chi connectivity index (χ3n) is 4.60. The summed E-state index contributed by atoms with van der Waals surface area (Å²) in [5, 5.41) is 11.9. The van der Waals surface area contributed by atoms with Crippen molar-refractivity contribution < 1.29 is 4.79 Å². The van der Waals surface area contributed by atoms with Crippen LogP contribution in [0.1, 0.15) is 28.6 Å². The minimum atomic E-state index is -0.425. The topological polar surface area (TPSA) is 92.1 Å². The number of thioether (sulfide) groups is 1. The van der Waals surface area contributed by atoms with Gasteiger partial charge in [-0.2, -0.15) is 11.8 Å². The van der Waals surface area contributed by atoms with Crippen molar-refractivity contribution in [3.05, 3.63) is 76.5 Å². The van der Waals surface area contributed by atoms with Crippen LogP contribution >= 0.6 is 11.8 Å². The maximum absolute atomic E-state index is 12.9. The van der Waals surface area contributed by atoms with Gasteiger partial charge >= 0.3 is 0 Å². The summed E-state index contributed by atoms with van der Waals surface area (Å²) in [5.74, 6) is 1.06. The predicted octanol–water partition coefficient (Wildman–Crippen LogP) is 2.80. The van der Waals surface area contributed by atoms with Crippen molar-refractivity contribution in [1.29, 1.82) is 0 Å². The van der Waals surface area contributed by atoms with Crippen LogP contribution in [0.15, 0.2) is 59.7 Å². The lowest BCUT2D eigenvalue weighted by molar-refractivity contribution is 0.0932. The van der Waals surface area contributed by atoms with E-state index in [0.29, 0.717) is 28.8 Å². The smallest absolute Gasteiger partial charge is 0.257 e. The van der Waals surface area contributed by atoms with E-state index in [1.165, 1.54) is 6.20 Å². The van der Waals surface area contributed by atoms with Gasteiger partial charge in [-0.25, -0.2) is 0 Å². The van der Waals surface area contributed by atoms with Gasteiger partial charge in [0.05, 0.1) is 6.04 Å². The number of rotatable bonds is 6. The minimum absolute atomic E-state index is 0.0849. The molecule has 2 N–H and O–H groups in total. The maximum atomic E-state index is 12.9. The molecule has 1 atom stereocenters. The minimum Gasteiger partial charge on any atom is -0.360 e. The Bertz CT molecular complexity index is 1200. The standard InChI is InChI=1S/C20H19N5O2S/c1-28-11-9-16(19-24-23-17-8-4-5-10-25(17)19)22-20(27)14-12-21-15-7-3-2-6-13(15)18(14)26/h2-8,10,12,16H,9,11H2,1H3,(H,21,26)(H,22,27)/t16-/m1/s1. The van der Waals surface area contributed by atoms with Crippen LogP contribution in [0.3, 0.4) is 0 Å². The van der Waals surface area contributed by atoms with E-state index in [1.807, 2.05) is 47.2 Å². The molecule has 0 unspecified atom stereocenters. The number of aromatic amines is 1. The number of carbonyl (C=O) groups is 1. The number of hydrogen-bond donors (Lipinski definition) is 2. The lowest BCUT2D eigenvalue weighted by atomic mass is 10.1. The number of nitrogens with zero attached hydrogens (tertiary/aromatic N) is 3. The number of pyridine rings is 2. The highest BCUT2D eigenvalue weighted by molar-refractivity contribution is 7.98. The number of para-hydroxylation sites is 1. The molecular formula is C20H19N5O2S. The Morgan fingerprint density at radius 2 is 2.04 bits per heavy atom.